The topological polar surface area (TPSA) is 88.5 Å². The molecule has 0 aromatic carbocycles. The molecule has 6 heteroatoms. The molecule has 17 heavy (non-hydrogen) atoms. The lowest BCUT2D eigenvalue weighted by Gasteiger charge is -2.06. The smallest absolute Gasteiger partial charge is 0.413 e. The fourth-order valence-corrected chi connectivity index (χ4v) is 1.10. The van der Waals surface area contributed by atoms with E-state index in [1.165, 1.54) is 18.3 Å². The summed E-state index contributed by atoms with van der Waals surface area (Å²) in [7, 11) is 0. The van der Waals surface area contributed by atoms with Crippen molar-refractivity contribution in [2.24, 2.45) is 0 Å². The minimum Gasteiger partial charge on any atom is -0.478 e. The standard InChI is InChI=1S/C11H12N2O4/c1-3-4-17-11(16)13-9-5-8(10(14)15)7(2)6-12-9/h3,5-6H,1,4H2,2H3,(H,14,15)(H,12,13,16). The number of ether oxygens (including phenoxy) is 1. The quantitative estimate of drug-likeness (QED) is 0.778. The van der Waals surface area contributed by atoms with Crippen LogP contribution in [0.5, 0.6) is 0 Å². The summed E-state index contributed by atoms with van der Waals surface area (Å²) in [5, 5.41) is 11.2. The number of aryl methyl sites for hydroxylation is 1. The van der Waals surface area contributed by atoms with E-state index in [1.807, 2.05) is 0 Å². The number of amides is 1. The highest BCUT2D eigenvalue weighted by molar-refractivity contribution is 5.91. The molecule has 0 saturated carbocycles. The number of carbonyl (C=O) groups is 2. The maximum atomic E-state index is 11.2. The lowest BCUT2D eigenvalue weighted by atomic mass is 10.1. The van der Waals surface area contributed by atoms with Gasteiger partial charge in [-0.15, -0.1) is 0 Å². The molecule has 0 aliphatic carbocycles. The molecule has 0 radical (unpaired) electrons. The summed E-state index contributed by atoms with van der Waals surface area (Å²) in [5.74, 6) is -0.950. The van der Waals surface area contributed by atoms with Crippen molar-refractivity contribution in [3.05, 3.63) is 36.0 Å². The number of nitrogens with one attached hydrogen (secondary N) is 1. The van der Waals surface area contributed by atoms with Crippen molar-refractivity contribution in [3.63, 3.8) is 0 Å². The van der Waals surface area contributed by atoms with Crippen LogP contribution in [0.2, 0.25) is 0 Å². The van der Waals surface area contributed by atoms with Crippen LogP contribution < -0.4 is 5.32 Å². The number of hydrogen-bond donors (Lipinski definition) is 2. The van der Waals surface area contributed by atoms with Crippen molar-refractivity contribution in [2.45, 2.75) is 6.92 Å². The van der Waals surface area contributed by atoms with E-state index in [-0.39, 0.29) is 18.0 Å². The van der Waals surface area contributed by atoms with Gasteiger partial charge < -0.3 is 9.84 Å². The van der Waals surface area contributed by atoms with Gasteiger partial charge in [-0.25, -0.2) is 14.6 Å². The minimum absolute atomic E-state index is 0.0729. The molecule has 1 aromatic rings. The van der Waals surface area contributed by atoms with Gasteiger partial charge in [-0.1, -0.05) is 12.7 Å². The summed E-state index contributed by atoms with van der Waals surface area (Å²) in [6.45, 7) is 5.08. The van der Waals surface area contributed by atoms with Gasteiger partial charge in [-0.3, -0.25) is 5.32 Å². The Bertz CT molecular complexity index is 457. The van der Waals surface area contributed by atoms with Crippen molar-refractivity contribution >= 4 is 17.9 Å². The van der Waals surface area contributed by atoms with E-state index in [2.05, 4.69) is 21.6 Å². The first-order chi connectivity index (χ1) is 8.04. The first-order valence-electron chi connectivity index (χ1n) is 4.79. The van der Waals surface area contributed by atoms with Crippen LogP contribution in [-0.2, 0) is 4.74 Å². The number of rotatable bonds is 4. The molecule has 1 heterocycles. The fraction of sp³-hybridized carbons (Fsp3) is 0.182. The van der Waals surface area contributed by atoms with Crippen molar-refractivity contribution in [2.75, 3.05) is 11.9 Å². The molecule has 90 valence electrons. The average molecular weight is 236 g/mol. The molecule has 0 aliphatic rings. The van der Waals surface area contributed by atoms with Crippen LogP contribution >= 0.6 is 0 Å². The van der Waals surface area contributed by atoms with Crippen LogP contribution in [-0.4, -0.2) is 28.8 Å². The van der Waals surface area contributed by atoms with Gasteiger partial charge in [-0.2, -0.15) is 0 Å². The average Bonchev–Trinajstić information content (AvgIpc) is 2.28. The van der Waals surface area contributed by atoms with Crippen LogP contribution in [0, 0.1) is 6.92 Å². The van der Waals surface area contributed by atoms with E-state index in [4.69, 9.17) is 5.11 Å². The number of aromatic nitrogens is 1. The predicted octanol–water partition coefficient (Wildman–Crippen LogP) is 1.82. The SMILES string of the molecule is C=CCOC(=O)Nc1cc(C(=O)O)c(C)cn1. The van der Waals surface area contributed by atoms with E-state index < -0.39 is 12.1 Å². The normalized spacial score (nSPS) is 9.47. The van der Waals surface area contributed by atoms with Gasteiger partial charge in [0.15, 0.2) is 0 Å². The molecule has 1 amide bonds. The Morgan fingerprint density at radius 1 is 1.65 bits per heavy atom. The number of hydrogen-bond acceptors (Lipinski definition) is 4. The minimum atomic E-state index is -1.08. The lowest BCUT2D eigenvalue weighted by molar-refractivity contribution is 0.0696. The Labute approximate surface area is 97.9 Å². The summed E-state index contributed by atoms with van der Waals surface area (Å²) in [6.07, 6.45) is 2.08. The van der Waals surface area contributed by atoms with Gasteiger partial charge >= 0.3 is 12.1 Å². The monoisotopic (exact) mass is 236 g/mol. The molecule has 0 saturated heterocycles. The number of aromatic carboxylic acids is 1. The Hall–Kier alpha value is -2.37. The fourth-order valence-electron chi connectivity index (χ4n) is 1.10. The van der Waals surface area contributed by atoms with Crippen molar-refractivity contribution in [1.29, 1.82) is 0 Å². The van der Waals surface area contributed by atoms with E-state index in [0.717, 1.165) is 0 Å². The number of pyridine rings is 1. The van der Waals surface area contributed by atoms with Crippen molar-refractivity contribution in [1.82, 2.24) is 4.98 Å². The van der Waals surface area contributed by atoms with Gasteiger partial charge in [0.2, 0.25) is 0 Å². The summed E-state index contributed by atoms with van der Waals surface area (Å²) < 4.78 is 4.67. The third-order valence-electron chi connectivity index (χ3n) is 1.90. The molecular weight excluding hydrogens is 224 g/mol. The Morgan fingerprint density at radius 3 is 2.94 bits per heavy atom. The second-order valence-corrected chi connectivity index (χ2v) is 3.20. The molecule has 0 spiro atoms. The lowest BCUT2D eigenvalue weighted by Crippen LogP contribution is -2.15. The molecule has 2 N–H and O–H groups in total. The number of carboxylic acids is 1. The van der Waals surface area contributed by atoms with Crippen molar-refractivity contribution < 1.29 is 19.4 Å². The molecule has 6 nitrogen and oxygen atoms in total. The number of carboxylic acid groups (broad SMARTS) is 1. The molecule has 0 bridgehead atoms. The van der Waals surface area contributed by atoms with Gasteiger partial charge in [0.05, 0.1) is 5.56 Å². The van der Waals surface area contributed by atoms with Crippen LogP contribution in [0.1, 0.15) is 15.9 Å². The second-order valence-electron chi connectivity index (χ2n) is 3.20. The molecule has 1 aromatic heterocycles. The zero-order valence-corrected chi connectivity index (χ0v) is 9.27. The molecule has 0 unspecified atom stereocenters. The molecule has 1 rings (SSSR count). The van der Waals surface area contributed by atoms with Gasteiger partial charge in [0.25, 0.3) is 0 Å². The largest absolute Gasteiger partial charge is 0.478 e. The zero-order valence-electron chi connectivity index (χ0n) is 9.27. The molecule has 0 fully saturated rings. The molecule has 0 aliphatic heterocycles. The van der Waals surface area contributed by atoms with E-state index >= 15 is 0 Å². The van der Waals surface area contributed by atoms with E-state index in [9.17, 15) is 9.59 Å². The van der Waals surface area contributed by atoms with Crippen LogP contribution in [0.25, 0.3) is 0 Å². The predicted molar refractivity (Wildman–Crippen MR) is 61.1 cm³/mol. The third kappa shape index (κ3) is 3.60. The summed E-state index contributed by atoms with van der Waals surface area (Å²) >= 11 is 0. The highest BCUT2D eigenvalue weighted by Crippen LogP contribution is 2.12. The number of nitrogens with zero attached hydrogens (tertiary/aromatic N) is 1. The van der Waals surface area contributed by atoms with E-state index in [1.54, 1.807) is 6.92 Å². The summed E-state index contributed by atoms with van der Waals surface area (Å²) in [4.78, 5) is 25.9. The molecular formula is C11H12N2O4. The Morgan fingerprint density at radius 2 is 2.35 bits per heavy atom. The number of anilines is 1. The summed E-state index contributed by atoms with van der Waals surface area (Å²) in [5.41, 5.74) is 0.599. The maximum absolute atomic E-state index is 11.2. The number of carbonyl (C=O) groups excluding carboxylic acids is 1. The second kappa shape index (κ2) is 5.64. The first-order valence-corrected chi connectivity index (χ1v) is 4.79. The highest BCUT2D eigenvalue weighted by Gasteiger charge is 2.10. The molecule has 0 atom stereocenters. The van der Waals surface area contributed by atoms with Crippen LogP contribution in [0.4, 0.5) is 10.6 Å². The Kier molecular flexibility index (Phi) is 4.21. The maximum Gasteiger partial charge on any atom is 0.413 e. The Balaban J connectivity index is 2.79. The van der Waals surface area contributed by atoms with Gasteiger partial charge in [0, 0.05) is 6.20 Å². The van der Waals surface area contributed by atoms with Crippen LogP contribution in [0.3, 0.4) is 0 Å². The third-order valence-corrected chi connectivity index (χ3v) is 1.90. The van der Waals surface area contributed by atoms with Crippen molar-refractivity contribution in [3.8, 4) is 0 Å². The summed E-state index contributed by atoms with van der Waals surface area (Å²) in [6, 6.07) is 1.27. The van der Waals surface area contributed by atoms with Gasteiger partial charge in [-0.05, 0) is 18.6 Å². The van der Waals surface area contributed by atoms with E-state index in [0.29, 0.717) is 5.56 Å². The first kappa shape index (κ1) is 12.7. The zero-order chi connectivity index (χ0) is 12.8. The highest BCUT2D eigenvalue weighted by atomic mass is 16.5. The van der Waals surface area contributed by atoms with Crippen LogP contribution in [0.15, 0.2) is 24.9 Å². The van der Waals surface area contributed by atoms with Gasteiger partial charge in [0.1, 0.15) is 12.4 Å².